The second kappa shape index (κ2) is 7.64. The van der Waals surface area contributed by atoms with Gasteiger partial charge in [0.15, 0.2) is 5.78 Å². The van der Waals surface area contributed by atoms with E-state index in [0.29, 0.717) is 5.92 Å². The summed E-state index contributed by atoms with van der Waals surface area (Å²) < 4.78 is 0. The van der Waals surface area contributed by atoms with Gasteiger partial charge in [-0.1, -0.05) is 61.6 Å². The lowest BCUT2D eigenvalue weighted by atomic mass is 9.90. The van der Waals surface area contributed by atoms with E-state index in [2.05, 4.69) is 39.5 Å². The van der Waals surface area contributed by atoms with E-state index in [0.717, 1.165) is 17.5 Å². The van der Waals surface area contributed by atoms with E-state index in [1.807, 2.05) is 30.3 Å². The van der Waals surface area contributed by atoms with Gasteiger partial charge >= 0.3 is 0 Å². The monoisotopic (exact) mass is 268 g/mol. The molecule has 0 fully saturated rings. The lowest BCUT2D eigenvalue weighted by Gasteiger charge is -2.15. The number of hydrogen-bond acceptors (Lipinski definition) is 1. The highest BCUT2D eigenvalue weighted by molar-refractivity contribution is 5.95. The third-order valence-corrected chi connectivity index (χ3v) is 3.34. The number of benzene rings is 1. The summed E-state index contributed by atoms with van der Waals surface area (Å²) in [4.78, 5) is 11.7. The van der Waals surface area contributed by atoms with Crippen molar-refractivity contribution >= 4 is 5.78 Å². The van der Waals surface area contributed by atoms with Crippen LogP contribution in [-0.2, 0) is 6.42 Å². The van der Waals surface area contributed by atoms with Gasteiger partial charge in [0, 0.05) is 5.56 Å². The Morgan fingerprint density at radius 3 is 2.40 bits per heavy atom. The summed E-state index contributed by atoms with van der Waals surface area (Å²) in [5.41, 5.74) is 4.40. The zero-order valence-electron chi connectivity index (χ0n) is 12.9. The van der Waals surface area contributed by atoms with Crippen molar-refractivity contribution < 1.29 is 4.79 Å². The van der Waals surface area contributed by atoms with Crippen LogP contribution in [0.2, 0.25) is 0 Å². The van der Waals surface area contributed by atoms with Gasteiger partial charge in [-0.05, 0) is 44.2 Å². The Morgan fingerprint density at radius 1 is 1.20 bits per heavy atom. The Bertz CT molecular complexity index is 543. The van der Waals surface area contributed by atoms with E-state index in [1.165, 1.54) is 11.1 Å². The molecular weight excluding hydrogens is 244 g/mol. The lowest BCUT2D eigenvalue weighted by Crippen LogP contribution is -2.06. The van der Waals surface area contributed by atoms with Crippen LogP contribution in [0.5, 0.6) is 0 Å². The summed E-state index contributed by atoms with van der Waals surface area (Å²) in [6.07, 6.45) is 6.97. The molecule has 1 rings (SSSR count). The van der Waals surface area contributed by atoms with Crippen molar-refractivity contribution in [2.75, 3.05) is 0 Å². The molecular formula is C19H24O. The minimum absolute atomic E-state index is 0.126. The van der Waals surface area contributed by atoms with Gasteiger partial charge in [0.05, 0.1) is 0 Å². The minimum Gasteiger partial charge on any atom is -0.295 e. The van der Waals surface area contributed by atoms with E-state index < -0.39 is 0 Å². The first-order chi connectivity index (χ1) is 9.45. The third-order valence-electron chi connectivity index (χ3n) is 3.34. The molecule has 0 aliphatic carbocycles. The molecule has 0 aliphatic rings. The Labute approximate surface area is 122 Å². The molecule has 106 valence electrons. The zero-order valence-corrected chi connectivity index (χ0v) is 12.9. The standard InChI is InChI=1S/C19H24O/c1-6-17(12-11-14(2)3)15(4)13-18-9-7-8-10-19(18)16(5)20/h6-12,15H,1,13H2,2-5H3/b17-12+. The summed E-state index contributed by atoms with van der Waals surface area (Å²) in [5, 5.41) is 0. The van der Waals surface area contributed by atoms with Crippen molar-refractivity contribution in [1.29, 1.82) is 0 Å². The average molecular weight is 268 g/mol. The Kier molecular flexibility index (Phi) is 6.17. The Morgan fingerprint density at radius 2 is 1.85 bits per heavy atom. The number of carbonyl (C=O) groups excluding carboxylic acids is 1. The van der Waals surface area contributed by atoms with Crippen LogP contribution in [0.15, 0.2) is 60.2 Å². The van der Waals surface area contributed by atoms with Gasteiger partial charge in [0.2, 0.25) is 0 Å². The second-order valence-electron chi connectivity index (χ2n) is 5.43. The van der Waals surface area contributed by atoms with Crippen LogP contribution in [0.3, 0.4) is 0 Å². The van der Waals surface area contributed by atoms with E-state index >= 15 is 0 Å². The molecule has 0 radical (unpaired) electrons. The minimum atomic E-state index is 0.126. The fourth-order valence-electron chi connectivity index (χ4n) is 2.19. The molecule has 1 unspecified atom stereocenters. The Hall–Kier alpha value is -1.89. The SMILES string of the molecule is C=C/C(=C\C=C(C)C)C(C)Cc1ccccc1C(C)=O. The van der Waals surface area contributed by atoms with Crippen molar-refractivity contribution in [3.05, 3.63) is 71.3 Å². The number of hydrogen-bond donors (Lipinski definition) is 0. The molecule has 0 amide bonds. The fourth-order valence-corrected chi connectivity index (χ4v) is 2.19. The molecule has 0 bridgehead atoms. The van der Waals surface area contributed by atoms with Crippen LogP contribution in [0.1, 0.15) is 43.6 Å². The van der Waals surface area contributed by atoms with E-state index in [1.54, 1.807) is 6.92 Å². The van der Waals surface area contributed by atoms with Gasteiger partial charge in [-0.15, -0.1) is 0 Å². The van der Waals surface area contributed by atoms with Gasteiger partial charge in [-0.3, -0.25) is 4.79 Å². The van der Waals surface area contributed by atoms with Crippen molar-refractivity contribution in [3.8, 4) is 0 Å². The molecule has 0 heterocycles. The van der Waals surface area contributed by atoms with E-state index in [9.17, 15) is 4.79 Å². The van der Waals surface area contributed by atoms with Gasteiger partial charge in [0.1, 0.15) is 0 Å². The molecule has 20 heavy (non-hydrogen) atoms. The normalized spacial score (nSPS) is 12.7. The number of carbonyl (C=O) groups is 1. The third kappa shape index (κ3) is 4.65. The summed E-state index contributed by atoms with van der Waals surface area (Å²) in [5.74, 6) is 0.463. The first kappa shape index (κ1) is 16.2. The van der Waals surface area contributed by atoms with Crippen LogP contribution >= 0.6 is 0 Å². The molecule has 0 aliphatic heterocycles. The molecule has 0 N–H and O–H groups in total. The van der Waals surface area contributed by atoms with Crippen molar-refractivity contribution in [2.24, 2.45) is 5.92 Å². The maximum atomic E-state index is 11.7. The summed E-state index contributed by atoms with van der Waals surface area (Å²) in [7, 11) is 0. The molecule has 1 atom stereocenters. The van der Waals surface area contributed by atoms with Gasteiger partial charge in [0.25, 0.3) is 0 Å². The topological polar surface area (TPSA) is 17.1 Å². The highest BCUT2D eigenvalue weighted by atomic mass is 16.1. The second-order valence-corrected chi connectivity index (χ2v) is 5.43. The van der Waals surface area contributed by atoms with Crippen molar-refractivity contribution in [1.82, 2.24) is 0 Å². The van der Waals surface area contributed by atoms with Crippen LogP contribution in [-0.4, -0.2) is 5.78 Å². The molecule has 0 aromatic heterocycles. The predicted octanol–water partition coefficient (Wildman–Crippen LogP) is 5.15. The lowest BCUT2D eigenvalue weighted by molar-refractivity contribution is 0.101. The smallest absolute Gasteiger partial charge is 0.160 e. The van der Waals surface area contributed by atoms with Crippen LogP contribution in [0.4, 0.5) is 0 Å². The zero-order chi connectivity index (χ0) is 15.1. The molecule has 0 saturated heterocycles. The molecule has 1 aromatic carbocycles. The van der Waals surface area contributed by atoms with Crippen molar-refractivity contribution in [3.63, 3.8) is 0 Å². The first-order valence-corrected chi connectivity index (χ1v) is 7.02. The van der Waals surface area contributed by atoms with Gasteiger partial charge in [-0.2, -0.15) is 0 Å². The highest BCUT2D eigenvalue weighted by Gasteiger charge is 2.11. The molecule has 1 aromatic rings. The van der Waals surface area contributed by atoms with Gasteiger partial charge < -0.3 is 0 Å². The summed E-state index contributed by atoms with van der Waals surface area (Å²) in [6.45, 7) is 11.8. The predicted molar refractivity (Wildman–Crippen MR) is 87.0 cm³/mol. The van der Waals surface area contributed by atoms with Crippen LogP contribution in [0.25, 0.3) is 0 Å². The number of rotatable bonds is 6. The molecule has 0 saturated carbocycles. The van der Waals surface area contributed by atoms with Crippen LogP contribution < -0.4 is 0 Å². The van der Waals surface area contributed by atoms with Crippen LogP contribution in [0, 0.1) is 5.92 Å². The number of ketones is 1. The van der Waals surface area contributed by atoms with E-state index in [-0.39, 0.29) is 5.78 Å². The number of allylic oxidation sites excluding steroid dienone is 5. The quantitative estimate of drug-likeness (QED) is 0.515. The van der Waals surface area contributed by atoms with E-state index in [4.69, 9.17) is 0 Å². The summed E-state index contributed by atoms with van der Waals surface area (Å²) >= 11 is 0. The first-order valence-electron chi connectivity index (χ1n) is 7.02. The van der Waals surface area contributed by atoms with Gasteiger partial charge in [-0.25, -0.2) is 0 Å². The average Bonchev–Trinajstić information content (AvgIpc) is 2.39. The maximum Gasteiger partial charge on any atom is 0.160 e. The maximum absolute atomic E-state index is 11.7. The summed E-state index contributed by atoms with van der Waals surface area (Å²) in [6, 6.07) is 7.84. The molecule has 1 heteroatoms. The fraction of sp³-hybridized carbons (Fsp3) is 0.316. The molecule has 1 nitrogen and oxygen atoms in total. The Balaban J connectivity index is 2.98. The number of Topliss-reactive ketones (excluding diaryl/α,β-unsaturated/α-hetero) is 1. The molecule has 0 spiro atoms. The van der Waals surface area contributed by atoms with Crippen molar-refractivity contribution in [2.45, 2.75) is 34.1 Å². The highest BCUT2D eigenvalue weighted by Crippen LogP contribution is 2.21. The largest absolute Gasteiger partial charge is 0.295 e.